The van der Waals surface area contributed by atoms with E-state index in [0.717, 1.165) is 30.4 Å². The molecule has 23 heavy (non-hydrogen) atoms. The fourth-order valence-corrected chi connectivity index (χ4v) is 3.92. The number of rotatable bonds is 4. The summed E-state index contributed by atoms with van der Waals surface area (Å²) in [6.45, 7) is 4.68. The molecule has 122 valence electrons. The second-order valence-electron chi connectivity index (χ2n) is 7.26. The molecule has 0 radical (unpaired) electrons. The van der Waals surface area contributed by atoms with Crippen LogP contribution in [-0.4, -0.2) is 0 Å². The number of aryl methyl sites for hydroxylation is 1. The van der Waals surface area contributed by atoms with Gasteiger partial charge in [0.1, 0.15) is 0 Å². The van der Waals surface area contributed by atoms with Gasteiger partial charge in [-0.3, -0.25) is 0 Å². The quantitative estimate of drug-likeness (QED) is 0.719. The van der Waals surface area contributed by atoms with Gasteiger partial charge < -0.3 is 5.73 Å². The first-order chi connectivity index (χ1) is 11.2. The molecule has 0 aliphatic heterocycles. The van der Waals surface area contributed by atoms with E-state index in [0.29, 0.717) is 0 Å². The first kappa shape index (κ1) is 16.1. The van der Waals surface area contributed by atoms with Crippen molar-refractivity contribution in [2.75, 3.05) is 5.73 Å². The van der Waals surface area contributed by atoms with Crippen molar-refractivity contribution in [1.82, 2.24) is 0 Å². The van der Waals surface area contributed by atoms with Gasteiger partial charge in [0.2, 0.25) is 0 Å². The van der Waals surface area contributed by atoms with Crippen LogP contribution in [0.25, 0.3) is 0 Å². The van der Waals surface area contributed by atoms with Crippen molar-refractivity contribution in [3.63, 3.8) is 0 Å². The zero-order valence-corrected chi connectivity index (χ0v) is 14.5. The Labute approximate surface area is 140 Å². The highest BCUT2D eigenvalue weighted by Crippen LogP contribution is 2.37. The van der Waals surface area contributed by atoms with Crippen LogP contribution in [0.2, 0.25) is 0 Å². The molecule has 0 heterocycles. The molecular weight excluding hydrogens is 278 g/mol. The normalized spacial score (nSPS) is 21.3. The van der Waals surface area contributed by atoms with Crippen molar-refractivity contribution in [2.45, 2.75) is 58.3 Å². The predicted molar refractivity (Wildman–Crippen MR) is 99.9 cm³/mol. The van der Waals surface area contributed by atoms with Gasteiger partial charge in [0, 0.05) is 5.69 Å². The average molecular weight is 307 g/mol. The van der Waals surface area contributed by atoms with Gasteiger partial charge >= 0.3 is 0 Å². The number of benzene rings is 2. The van der Waals surface area contributed by atoms with Gasteiger partial charge in [-0.25, -0.2) is 0 Å². The standard InChI is InChI=1S/C22H29N/c1-3-19-15-18(14-17-6-11-21(23)12-7-17)8-13-22(19)20-9-4-16(2)5-10-20/h6-8,11-13,15-16,20H,3-5,9-10,14,23H2,1-2H3. The second-order valence-corrected chi connectivity index (χ2v) is 7.26. The van der Waals surface area contributed by atoms with Gasteiger partial charge in [-0.1, -0.05) is 57.0 Å². The van der Waals surface area contributed by atoms with E-state index in [2.05, 4.69) is 44.2 Å². The Morgan fingerprint density at radius 1 is 0.913 bits per heavy atom. The van der Waals surface area contributed by atoms with Crippen molar-refractivity contribution in [2.24, 2.45) is 5.92 Å². The number of hydrogen-bond acceptors (Lipinski definition) is 1. The summed E-state index contributed by atoms with van der Waals surface area (Å²) in [6.07, 6.45) is 7.64. The van der Waals surface area contributed by atoms with Crippen LogP contribution >= 0.6 is 0 Å². The summed E-state index contributed by atoms with van der Waals surface area (Å²) in [7, 11) is 0. The Morgan fingerprint density at radius 2 is 1.57 bits per heavy atom. The Hall–Kier alpha value is -1.76. The Balaban J connectivity index is 1.77. The summed E-state index contributed by atoms with van der Waals surface area (Å²) in [5, 5.41) is 0. The topological polar surface area (TPSA) is 26.0 Å². The minimum Gasteiger partial charge on any atom is -0.399 e. The highest BCUT2D eigenvalue weighted by Gasteiger charge is 2.21. The molecule has 1 nitrogen and oxygen atoms in total. The minimum atomic E-state index is 0.784. The molecular formula is C22H29N. The van der Waals surface area contributed by atoms with Crippen LogP contribution in [0.1, 0.15) is 67.7 Å². The van der Waals surface area contributed by atoms with Gasteiger partial charge in [0.05, 0.1) is 0 Å². The summed E-state index contributed by atoms with van der Waals surface area (Å²) in [5.74, 6) is 1.70. The molecule has 2 aromatic carbocycles. The molecule has 1 aliphatic rings. The highest BCUT2D eigenvalue weighted by atomic mass is 14.5. The molecule has 0 unspecified atom stereocenters. The molecule has 2 N–H and O–H groups in total. The van der Waals surface area contributed by atoms with Gasteiger partial charge in [-0.2, -0.15) is 0 Å². The fourth-order valence-electron chi connectivity index (χ4n) is 3.92. The van der Waals surface area contributed by atoms with Crippen LogP contribution in [0.15, 0.2) is 42.5 Å². The Bertz CT molecular complexity index is 634. The third-order valence-corrected chi connectivity index (χ3v) is 5.43. The second kappa shape index (κ2) is 7.21. The van der Waals surface area contributed by atoms with Crippen molar-refractivity contribution < 1.29 is 0 Å². The molecule has 2 aromatic rings. The van der Waals surface area contributed by atoms with E-state index in [1.807, 2.05) is 12.1 Å². The SMILES string of the molecule is CCc1cc(Cc2ccc(N)cc2)ccc1C1CCC(C)CC1. The summed E-state index contributed by atoms with van der Waals surface area (Å²) in [5.41, 5.74) is 12.5. The monoisotopic (exact) mass is 307 g/mol. The molecule has 1 saturated carbocycles. The molecule has 0 amide bonds. The van der Waals surface area contributed by atoms with Gasteiger partial charge in [-0.15, -0.1) is 0 Å². The van der Waals surface area contributed by atoms with Gasteiger partial charge in [-0.05, 0) is 71.9 Å². The van der Waals surface area contributed by atoms with Crippen molar-refractivity contribution in [3.05, 3.63) is 64.7 Å². The predicted octanol–water partition coefficient (Wildman–Crippen LogP) is 5.72. The van der Waals surface area contributed by atoms with E-state index in [-0.39, 0.29) is 0 Å². The number of nitrogen functional groups attached to an aromatic ring is 1. The Kier molecular flexibility index (Phi) is 5.05. The largest absolute Gasteiger partial charge is 0.399 e. The fraction of sp³-hybridized carbons (Fsp3) is 0.455. The van der Waals surface area contributed by atoms with Crippen molar-refractivity contribution in [1.29, 1.82) is 0 Å². The first-order valence-electron chi connectivity index (χ1n) is 9.11. The number of anilines is 1. The number of nitrogens with two attached hydrogens (primary N) is 1. The lowest BCUT2D eigenvalue weighted by molar-refractivity contribution is 0.347. The van der Waals surface area contributed by atoms with Gasteiger partial charge in [0.25, 0.3) is 0 Å². The van der Waals surface area contributed by atoms with E-state index < -0.39 is 0 Å². The summed E-state index contributed by atoms with van der Waals surface area (Å²) < 4.78 is 0. The molecule has 0 saturated heterocycles. The number of hydrogen-bond donors (Lipinski definition) is 1. The Morgan fingerprint density at radius 3 is 2.22 bits per heavy atom. The molecule has 3 rings (SSSR count). The summed E-state index contributed by atoms with van der Waals surface area (Å²) >= 11 is 0. The lowest BCUT2D eigenvalue weighted by Gasteiger charge is -2.28. The van der Waals surface area contributed by atoms with E-state index in [4.69, 9.17) is 5.73 Å². The van der Waals surface area contributed by atoms with E-state index in [1.54, 1.807) is 11.1 Å². The van der Waals surface area contributed by atoms with Crippen LogP contribution in [0.5, 0.6) is 0 Å². The molecule has 1 aliphatic carbocycles. The molecule has 0 aromatic heterocycles. The maximum Gasteiger partial charge on any atom is 0.0314 e. The third-order valence-electron chi connectivity index (χ3n) is 5.43. The zero-order chi connectivity index (χ0) is 16.2. The lowest BCUT2D eigenvalue weighted by atomic mass is 9.77. The maximum absolute atomic E-state index is 5.78. The van der Waals surface area contributed by atoms with Crippen LogP contribution in [0.4, 0.5) is 5.69 Å². The van der Waals surface area contributed by atoms with Crippen LogP contribution in [-0.2, 0) is 12.8 Å². The van der Waals surface area contributed by atoms with Crippen LogP contribution in [0.3, 0.4) is 0 Å². The van der Waals surface area contributed by atoms with E-state index in [9.17, 15) is 0 Å². The lowest BCUT2D eigenvalue weighted by Crippen LogP contribution is -2.12. The van der Waals surface area contributed by atoms with Gasteiger partial charge in [0.15, 0.2) is 0 Å². The average Bonchev–Trinajstić information content (AvgIpc) is 2.58. The first-order valence-corrected chi connectivity index (χ1v) is 9.11. The molecule has 0 atom stereocenters. The van der Waals surface area contributed by atoms with E-state index in [1.165, 1.54) is 36.8 Å². The smallest absolute Gasteiger partial charge is 0.0314 e. The molecule has 0 spiro atoms. The molecule has 1 heteroatoms. The third kappa shape index (κ3) is 3.96. The van der Waals surface area contributed by atoms with Crippen molar-refractivity contribution >= 4 is 5.69 Å². The molecule has 0 bridgehead atoms. The molecule has 1 fully saturated rings. The van der Waals surface area contributed by atoms with E-state index >= 15 is 0 Å². The summed E-state index contributed by atoms with van der Waals surface area (Å²) in [4.78, 5) is 0. The highest BCUT2D eigenvalue weighted by molar-refractivity contribution is 5.42. The summed E-state index contributed by atoms with van der Waals surface area (Å²) in [6, 6.07) is 15.4. The van der Waals surface area contributed by atoms with Crippen molar-refractivity contribution in [3.8, 4) is 0 Å². The van der Waals surface area contributed by atoms with Crippen LogP contribution < -0.4 is 5.73 Å². The minimum absolute atomic E-state index is 0.784. The zero-order valence-electron chi connectivity index (χ0n) is 14.5. The maximum atomic E-state index is 5.78. The van der Waals surface area contributed by atoms with Crippen LogP contribution in [0, 0.1) is 5.92 Å².